The zero-order valence-corrected chi connectivity index (χ0v) is 7.84. The monoisotopic (exact) mass is 184 g/mol. The molecule has 3 nitrogen and oxygen atoms in total. The van der Waals surface area contributed by atoms with Crippen LogP contribution in [0.25, 0.3) is 0 Å². The summed E-state index contributed by atoms with van der Waals surface area (Å²) in [4.78, 5) is 0. The van der Waals surface area contributed by atoms with Gasteiger partial charge in [-0.3, -0.25) is 0 Å². The Bertz CT molecular complexity index is 274. The molecule has 1 heterocycles. The molecule has 0 spiro atoms. The van der Waals surface area contributed by atoms with E-state index in [1.807, 2.05) is 6.92 Å². The van der Waals surface area contributed by atoms with Gasteiger partial charge in [0.25, 0.3) is 0 Å². The molecule has 0 aliphatic heterocycles. The van der Waals surface area contributed by atoms with Crippen LogP contribution in [-0.4, -0.2) is 21.4 Å². The summed E-state index contributed by atoms with van der Waals surface area (Å²) < 4.78 is 0. The minimum Gasteiger partial charge on any atom is -0.392 e. The van der Waals surface area contributed by atoms with Crippen molar-refractivity contribution < 1.29 is 5.11 Å². The molecule has 0 bridgehead atoms. The Labute approximate surface area is 75.5 Å². The highest BCUT2D eigenvalue weighted by molar-refractivity contribution is 7.11. The second-order valence-electron chi connectivity index (χ2n) is 3.26. The normalized spacial score (nSPS) is 29.5. The Hall–Kier alpha value is -0.480. The summed E-state index contributed by atoms with van der Waals surface area (Å²) in [5.74, 6) is 0.260. The van der Waals surface area contributed by atoms with E-state index in [0.29, 0.717) is 0 Å². The van der Waals surface area contributed by atoms with Crippen LogP contribution in [0.15, 0.2) is 0 Å². The van der Waals surface area contributed by atoms with E-state index in [2.05, 4.69) is 10.2 Å². The maximum absolute atomic E-state index is 9.59. The molecule has 1 fully saturated rings. The summed E-state index contributed by atoms with van der Waals surface area (Å²) in [5, 5.41) is 19.6. The van der Waals surface area contributed by atoms with Gasteiger partial charge in [0.05, 0.1) is 6.10 Å². The van der Waals surface area contributed by atoms with Gasteiger partial charge < -0.3 is 5.11 Å². The molecule has 1 aromatic rings. The van der Waals surface area contributed by atoms with Crippen LogP contribution in [-0.2, 0) is 0 Å². The van der Waals surface area contributed by atoms with Crippen LogP contribution in [0.1, 0.15) is 35.2 Å². The fourth-order valence-electron chi connectivity index (χ4n) is 1.69. The minimum atomic E-state index is -0.183. The highest BCUT2D eigenvalue weighted by Crippen LogP contribution is 2.35. The van der Waals surface area contributed by atoms with Crippen molar-refractivity contribution in [2.75, 3.05) is 0 Å². The number of aryl methyl sites for hydroxylation is 1. The molecule has 1 N–H and O–H groups in total. The number of hydrogen-bond donors (Lipinski definition) is 1. The van der Waals surface area contributed by atoms with Gasteiger partial charge in [0.15, 0.2) is 0 Å². The van der Waals surface area contributed by atoms with Gasteiger partial charge in [0, 0.05) is 5.92 Å². The molecule has 2 rings (SSSR count). The highest BCUT2D eigenvalue weighted by Gasteiger charge is 2.29. The first-order valence-corrected chi connectivity index (χ1v) is 5.07. The van der Waals surface area contributed by atoms with Crippen molar-refractivity contribution in [1.82, 2.24) is 10.2 Å². The summed E-state index contributed by atoms with van der Waals surface area (Å²) in [7, 11) is 0. The summed E-state index contributed by atoms with van der Waals surface area (Å²) in [5.41, 5.74) is 0. The zero-order valence-electron chi connectivity index (χ0n) is 7.03. The molecule has 2 atom stereocenters. The lowest BCUT2D eigenvalue weighted by molar-refractivity contribution is 0.163. The third-order valence-corrected chi connectivity index (χ3v) is 3.31. The average molecular weight is 184 g/mol. The molecule has 1 aromatic heterocycles. The predicted molar refractivity (Wildman–Crippen MR) is 47.2 cm³/mol. The summed E-state index contributed by atoms with van der Waals surface area (Å²) in [6, 6.07) is 0. The predicted octanol–water partition coefficient (Wildman–Crippen LogP) is 1.47. The number of nitrogens with zero attached hydrogens (tertiary/aromatic N) is 2. The van der Waals surface area contributed by atoms with E-state index >= 15 is 0 Å². The molecule has 1 aliphatic rings. The number of aromatic nitrogens is 2. The van der Waals surface area contributed by atoms with E-state index in [1.54, 1.807) is 11.3 Å². The van der Waals surface area contributed by atoms with E-state index in [4.69, 9.17) is 0 Å². The highest BCUT2D eigenvalue weighted by atomic mass is 32.1. The van der Waals surface area contributed by atoms with Crippen LogP contribution < -0.4 is 0 Å². The molecular weight excluding hydrogens is 172 g/mol. The lowest BCUT2D eigenvalue weighted by Gasteiger charge is -2.08. The fourth-order valence-corrected chi connectivity index (χ4v) is 2.58. The molecule has 66 valence electrons. The van der Waals surface area contributed by atoms with Crippen molar-refractivity contribution in [3.63, 3.8) is 0 Å². The van der Waals surface area contributed by atoms with Crippen LogP contribution in [0, 0.1) is 6.92 Å². The summed E-state index contributed by atoms with van der Waals surface area (Å²) in [6.45, 7) is 1.95. The van der Waals surface area contributed by atoms with E-state index < -0.39 is 0 Å². The van der Waals surface area contributed by atoms with Crippen LogP contribution in [0.2, 0.25) is 0 Å². The Balaban J connectivity index is 2.19. The van der Waals surface area contributed by atoms with Crippen molar-refractivity contribution in [1.29, 1.82) is 0 Å². The van der Waals surface area contributed by atoms with Crippen LogP contribution >= 0.6 is 11.3 Å². The number of aliphatic hydroxyl groups is 1. The molecule has 0 aromatic carbocycles. The van der Waals surface area contributed by atoms with E-state index in [-0.39, 0.29) is 12.0 Å². The van der Waals surface area contributed by atoms with Crippen molar-refractivity contribution in [2.24, 2.45) is 0 Å². The first-order valence-electron chi connectivity index (χ1n) is 4.25. The second-order valence-corrected chi connectivity index (χ2v) is 4.48. The van der Waals surface area contributed by atoms with Crippen LogP contribution in [0.5, 0.6) is 0 Å². The first kappa shape index (κ1) is 8.13. The molecule has 12 heavy (non-hydrogen) atoms. The van der Waals surface area contributed by atoms with E-state index in [0.717, 1.165) is 29.3 Å². The first-order chi connectivity index (χ1) is 5.77. The molecule has 1 aliphatic carbocycles. The molecule has 0 amide bonds. The lowest BCUT2D eigenvalue weighted by atomic mass is 10.1. The molecule has 0 radical (unpaired) electrons. The second kappa shape index (κ2) is 3.11. The fraction of sp³-hybridized carbons (Fsp3) is 0.750. The number of aliphatic hydroxyl groups excluding tert-OH is 1. The Kier molecular flexibility index (Phi) is 2.11. The third kappa shape index (κ3) is 1.36. The van der Waals surface area contributed by atoms with Gasteiger partial charge in [0.1, 0.15) is 10.0 Å². The maximum atomic E-state index is 9.59. The Morgan fingerprint density at radius 3 is 2.75 bits per heavy atom. The maximum Gasteiger partial charge on any atom is 0.123 e. The quantitative estimate of drug-likeness (QED) is 0.719. The van der Waals surface area contributed by atoms with Gasteiger partial charge in [0.2, 0.25) is 0 Å². The van der Waals surface area contributed by atoms with Crippen LogP contribution in [0.3, 0.4) is 0 Å². The molecule has 2 unspecified atom stereocenters. The van der Waals surface area contributed by atoms with Gasteiger partial charge in [-0.25, -0.2) is 0 Å². The zero-order chi connectivity index (χ0) is 8.55. The summed E-state index contributed by atoms with van der Waals surface area (Å²) >= 11 is 1.61. The topological polar surface area (TPSA) is 46.0 Å². The van der Waals surface area contributed by atoms with Gasteiger partial charge in [-0.15, -0.1) is 21.5 Å². The van der Waals surface area contributed by atoms with Gasteiger partial charge in [-0.2, -0.15) is 0 Å². The molecule has 1 saturated carbocycles. The third-order valence-electron chi connectivity index (χ3n) is 2.34. The SMILES string of the molecule is Cc1nnc(C2CCCC2O)s1. The molecule has 4 heteroatoms. The van der Waals surface area contributed by atoms with E-state index in [1.165, 1.54) is 0 Å². The Morgan fingerprint density at radius 1 is 1.42 bits per heavy atom. The smallest absolute Gasteiger partial charge is 0.123 e. The molecule has 0 saturated heterocycles. The number of rotatable bonds is 1. The average Bonchev–Trinajstić information content (AvgIpc) is 2.58. The molecular formula is C8H12N2OS. The van der Waals surface area contributed by atoms with Gasteiger partial charge in [-0.05, 0) is 19.8 Å². The minimum absolute atomic E-state index is 0.183. The van der Waals surface area contributed by atoms with Crippen molar-refractivity contribution in [3.05, 3.63) is 10.0 Å². The van der Waals surface area contributed by atoms with Crippen molar-refractivity contribution >= 4 is 11.3 Å². The largest absolute Gasteiger partial charge is 0.392 e. The lowest BCUT2D eigenvalue weighted by Crippen LogP contribution is -2.10. The van der Waals surface area contributed by atoms with Crippen LogP contribution in [0.4, 0.5) is 0 Å². The van der Waals surface area contributed by atoms with Gasteiger partial charge >= 0.3 is 0 Å². The van der Waals surface area contributed by atoms with Gasteiger partial charge in [-0.1, -0.05) is 6.42 Å². The summed E-state index contributed by atoms with van der Waals surface area (Å²) in [6.07, 6.45) is 2.92. The van der Waals surface area contributed by atoms with Crippen molar-refractivity contribution in [3.8, 4) is 0 Å². The standard InChI is InChI=1S/C8H12N2OS/c1-5-9-10-8(12-5)6-3-2-4-7(6)11/h6-7,11H,2-4H2,1H3. The Morgan fingerprint density at radius 2 is 2.25 bits per heavy atom. The van der Waals surface area contributed by atoms with E-state index in [9.17, 15) is 5.11 Å². The van der Waals surface area contributed by atoms with Crippen molar-refractivity contribution in [2.45, 2.75) is 38.2 Å². The number of hydrogen-bond acceptors (Lipinski definition) is 4.